The van der Waals surface area contributed by atoms with Gasteiger partial charge in [0.1, 0.15) is 25.0 Å². The van der Waals surface area contributed by atoms with Crippen molar-refractivity contribution in [3.05, 3.63) is 65.7 Å². The molecule has 0 aromatic heterocycles. The van der Waals surface area contributed by atoms with E-state index in [-0.39, 0.29) is 25.0 Å². The minimum atomic E-state index is -1.12. The second-order valence-electron chi connectivity index (χ2n) is 8.49. The summed E-state index contributed by atoms with van der Waals surface area (Å²) in [6.45, 7) is 7.11. The zero-order valence-electron chi connectivity index (χ0n) is 20.3. The molecule has 0 aliphatic carbocycles. The van der Waals surface area contributed by atoms with E-state index in [1.165, 1.54) is 0 Å². The molecule has 34 heavy (non-hydrogen) atoms. The van der Waals surface area contributed by atoms with E-state index in [0.717, 1.165) is 11.1 Å². The molecule has 2 aromatic carbocycles. The second kappa shape index (κ2) is 13.2. The summed E-state index contributed by atoms with van der Waals surface area (Å²) < 4.78 is 21.2. The number of rotatable bonds is 11. The number of ether oxygens (including phenoxy) is 4. The normalized spacial score (nSPS) is 12.6. The predicted octanol–water partition coefficient (Wildman–Crippen LogP) is 4.26. The van der Waals surface area contributed by atoms with Crippen LogP contribution in [0.4, 0.5) is 4.79 Å². The number of amides is 1. The summed E-state index contributed by atoms with van der Waals surface area (Å²) in [7, 11) is 1.57. The molecule has 0 aliphatic rings. The van der Waals surface area contributed by atoms with Crippen molar-refractivity contribution in [3.63, 3.8) is 0 Å². The number of carbonyl (C=O) groups excluding carboxylic acids is 3. The summed E-state index contributed by atoms with van der Waals surface area (Å²) in [5.74, 6) is -1.32. The van der Waals surface area contributed by atoms with E-state index in [1.54, 1.807) is 59.1 Å². The van der Waals surface area contributed by atoms with Gasteiger partial charge in [-0.3, -0.25) is 0 Å². The highest BCUT2D eigenvalue weighted by Gasteiger charge is 2.33. The maximum absolute atomic E-state index is 12.8. The van der Waals surface area contributed by atoms with Crippen LogP contribution in [0, 0.1) is 11.8 Å². The zero-order chi connectivity index (χ0) is 25.1. The summed E-state index contributed by atoms with van der Waals surface area (Å²) in [6, 6.07) is 15.3. The molecule has 8 heteroatoms. The van der Waals surface area contributed by atoms with E-state index in [4.69, 9.17) is 18.9 Å². The number of hydrogen-bond donors (Lipinski definition) is 1. The molecule has 1 amide bonds. The van der Waals surface area contributed by atoms with E-state index in [2.05, 4.69) is 5.32 Å². The first kappa shape index (κ1) is 26.7. The summed E-state index contributed by atoms with van der Waals surface area (Å²) in [5, 5.41) is 2.54. The molecule has 2 rings (SSSR count). The Balaban J connectivity index is 1.94. The fourth-order valence-electron chi connectivity index (χ4n) is 3.00. The Morgan fingerprint density at radius 1 is 0.765 bits per heavy atom. The number of benzene rings is 2. The molecule has 0 saturated carbocycles. The van der Waals surface area contributed by atoms with Gasteiger partial charge in [-0.05, 0) is 29.2 Å². The van der Waals surface area contributed by atoms with Crippen LogP contribution in [0.1, 0.15) is 38.8 Å². The maximum atomic E-state index is 12.8. The first-order chi connectivity index (χ1) is 16.2. The van der Waals surface area contributed by atoms with Gasteiger partial charge < -0.3 is 24.3 Å². The Bertz CT molecular complexity index is 926. The van der Waals surface area contributed by atoms with Crippen LogP contribution in [0.2, 0.25) is 0 Å². The summed E-state index contributed by atoms with van der Waals surface area (Å²) in [6.07, 6.45) is -1.86. The van der Waals surface area contributed by atoms with Crippen molar-refractivity contribution in [2.45, 2.75) is 53.1 Å². The smallest absolute Gasteiger partial charge is 0.408 e. The van der Waals surface area contributed by atoms with Gasteiger partial charge in [0, 0.05) is 5.92 Å². The van der Waals surface area contributed by atoms with Crippen molar-refractivity contribution >= 4 is 18.0 Å². The van der Waals surface area contributed by atoms with Gasteiger partial charge in [0.05, 0.1) is 7.11 Å². The highest BCUT2D eigenvalue weighted by Crippen LogP contribution is 2.16. The third-order valence-electron chi connectivity index (χ3n) is 5.03. The molecule has 2 aromatic rings. The van der Waals surface area contributed by atoms with E-state index < -0.39 is 30.2 Å². The van der Waals surface area contributed by atoms with Gasteiger partial charge in [0.25, 0.3) is 0 Å². The molecule has 0 saturated heterocycles. The zero-order valence-corrected chi connectivity index (χ0v) is 20.3. The molecule has 2 atom stereocenters. The van der Waals surface area contributed by atoms with Crippen molar-refractivity contribution in [1.29, 1.82) is 0 Å². The minimum Gasteiger partial charge on any atom is -0.497 e. The van der Waals surface area contributed by atoms with Crippen LogP contribution in [0.5, 0.6) is 5.75 Å². The van der Waals surface area contributed by atoms with Crippen LogP contribution in [-0.4, -0.2) is 37.3 Å². The molecule has 2 unspecified atom stereocenters. The number of carbonyl (C=O) groups is 3. The van der Waals surface area contributed by atoms with Gasteiger partial charge >= 0.3 is 18.0 Å². The summed E-state index contributed by atoms with van der Waals surface area (Å²) in [4.78, 5) is 37.8. The molecule has 184 valence electrons. The van der Waals surface area contributed by atoms with Gasteiger partial charge in [0.2, 0.25) is 6.10 Å². The molecule has 0 fully saturated rings. The summed E-state index contributed by atoms with van der Waals surface area (Å²) in [5.41, 5.74) is 1.59. The quantitative estimate of drug-likeness (QED) is 0.386. The van der Waals surface area contributed by atoms with E-state index in [1.807, 2.05) is 30.3 Å². The summed E-state index contributed by atoms with van der Waals surface area (Å²) >= 11 is 0. The van der Waals surface area contributed by atoms with Crippen LogP contribution in [0.3, 0.4) is 0 Å². The van der Waals surface area contributed by atoms with Crippen LogP contribution in [-0.2, 0) is 37.0 Å². The molecular weight excluding hydrogens is 438 g/mol. The first-order valence-electron chi connectivity index (χ1n) is 11.2. The Labute approximate surface area is 200 Å². The average Bonchev–Trinajstić information content (AvgIpc) is 2.83. The highest BCUT2D eigenvalue weighted by atomic mass is 16.6. The lowest BCUT2D eigenvalue weighted by molar-refractivity contribution is -0.173. The number of methoxy groups -OCH3 is 1. The van der Waals surface area contributed by atoms with Crippen LogP contribution < -0.4 is 10.1 Å². The Morgan fingerprint density at radius 3 is 1.91 bits per heavy atom. The van der Waals surface area contributed by atoms with Gasteiger partial charge in [-0.1, -0.05) is 70.2 Å². The molecule has 0 aliphatic heterocycles. The molecule has 0 heterocycles. The van der Waals surface area contributed by atoms with Gasteiger partial charge in [0.15, 0.2) is 0 Å². The number of hydrogen-bond acceptors (Lipinski definition) is 7. The van der Waals surface area contributed by atoms with Gasteiger partial charge in [-0.2, -0.15) is 0 Å². The fraction of sp³-hybridized carbons (Fsp3) is 0.423. The topological polar surface area (TPSA) is 100 Å². The Hall–Kier alpha value is -3.55. The number of nitrogens with one attached hydrogen (secondary N) is 1. The molecule has 0 radical (unpaired) electrons. The Kier molecular flexibility index (Phi) is 10.4. The molecule has 0 spiro atoms. The maximum Gasteiger partial charge on any atom is 0.408 e. The number of esters is 2. The third-order valence-corrected chi connectivity index (χ3v) is 5.03. The van der Waals surface area contributed by atoms with Crippen molar-refractivity contribution < 1.29 is 33.3 Å². The van der Waals surface area contributed by atoms with Crippen molar-refractivity contribution in [1.82, 2.24) is 5.32 Å². The van der Waals surface area contributed by atoms with Crippen LogP contribution >= 0.6 is 0 Å². The standard InChI is InChI=1S/C26H33NO7/c1-17(2)22(27-26(30)33-16-19-9-7-6-8-10-19)24(28)34-23(18(3)4)25(29)32-15-20-11-13-21(31-5)14-12-20/h6-14,17-18,22-23H,15-16H2,1-5H3,(H,27,30). The fourth-order valence-corrected chi connectivity index (χ4v) is 3.00. The molecule has 8 nitrogen and oxygen atoms in total. The number of alkyl carbamates (subject to hydrolysis) is 1. The van der Waals surface area contributed by atoms with Crippen molar-refractivity contribution in [2.75, 3.05) is 7.11 Å². The molecule has 1 N–H and O–H groups in total. The van der Waals surface area contributed by atoms with E-state index in [9.17, 15) is 14.4 Å². The average molecular weight is 472 g/mol. The van der Waals surface area contributed by atoms with Crippen LogP contribution in [0.15, 0.2) is 54.6 Å². The monoisotopic (exact) mass is 471 g/mol. The lowest BCUT2D eigenvalue weighted by atomic mass is 10.0. The minimum absolute atomic E-state index is 0.0290. The van der Waals surface area contributed by atoms with Crippen molar-refractivity contribution in [2.24, 2.45) is 11.8 Å². The molecular formula is C26H33NO7. The lowest BCUT2D eigenvalue weighted by Gasteiger charge is -2.25. The third kappa shape index (κ3) is 8.42. The van der Waals surface area contributed by atoms with Crippen molar-refractivity contribution in [3.8, 4) is 5.75 Å². The van der Waals surface area contributed by atoms with E-state index in [0.29, 0.717) is 5.75 Å². The predicted molar refractivity (Wildman–Crippen MR) is 126 cm³/mol. The largest absolute Gasteiger partial charge is 0.497 e. The second-order valence-corrected chi connectivity index (χ2v) is 8.49. The van der Waals surface area contributed by atoms with E-state index >= 15 is 0 Å². The SMILES string of the molecule is COc1ccc(COC(=O)C(OC(=O)C(NC(=O)OCc2ccccc2)C(C)C)C(C)C)cc1. The Morgan fingerprint density at radius 2 is 1.35 bits per heavy atom. The highest BCUT2D eigenvalue weighted by molar-refractivity contribution is 5.85. The van der Waals surface area contributed by atoms with Gasteiger partial charge in [-0.15, -0.1) is 0 Å². The van der Waals surface area contributed by atoms with Crippen LogP contribution in [0.25, 0.3) is 0 Å². The lowest BCUT2D eigenvalue weighted by Crippen LogP contribution is -2.48. The first-order valence-corrected chi connectivity index (χ1v) is 11.2. The van der Waals surface area contributed by atoms with Gasteiger partial charge in [-0.25, -0.2) is 14.4 Å². The molecule has 0 bridgehead atoms.